The zero-order chi connectivity index (χ0) is 14.5. The Labute approximate surface area is 123 Å². The van der Waals surface area contributed by atoms with Gasteiger partial charge in [0.05, 0.1) is 5.69 Å². The van der Waals surface area contributed by atoms with Crippen molar-refractivity contribution >= 4 is 11.7 Å². The molecular weight excluding hydrogens is 268 g/mol. The number of carbonyl (C=O) groups is 1. The van der Waals surface area contributed by atoms with E-state index >= 15 is 0 Å². The molecule has 7 nitrogen and oxygen atoms in total. The fourth-order valence-electron chi connectivity index (χ4n) is 2.46. The molecule has 7 heteroatoms. The van der Waals surface area contributed by atoms with Gasteiger partial charge in [0.25, 0.3) is 0 Å². The maximum absolute atomic E-state index is 12.4. The van der Waals surface area contributed by atoms with Crippen LogP contribution in [0.3, 0.4) is 0 Å². The first-order chi connectivity index (χ1) is 10.3. The number of nitrogens with zero attached hydrogens (tertiary/aromatic N) is 5. The maximum Gasteiger partial charge on any atom is 0.321 e. The third kappa shape index (κ3) is 3.18. The highest BCUT2D eigenvalue weighted by Gasteiger charge is 2.17. The second-order valence-electron chi connectivity index (χ2n) is 5.05. The molecule has 2 aromatic heterocycles. The molecule has 21 heavy (non-hydrogen) atoms. The molecule has 1 aliphatic rings. The second-order valence-corrected chi connectivity index (χ2v) is 5.05. The number of nitrogens with one attached hydrogen (secondary N) is 1. The first kappa shape index (κ1) is 13.5. The number of carbonyl (C=O) groups excluding carboxylic acids is 1. The first-order valence-corrected chi connectivity index (χ1v) is 7.20. The van der Waals surface area contributed by atoms with Crippen molar-refractivity contribution < 1.29 is 4.79 Å². The van der Waals surface area contributed by atoms with Crippen molar-refractivity contribution in [3.05, 3.63) is 31.0 Å². The van der Waals surface area contributed by atoms with Crippen LogP contribution in [0.2, 0.25) is 0 Å². The number of pyridine rings is 1. The van der Waals surface area contributed by atoms with E-state index in [9.17, 15) is 4.79 Å². The average Bonchev–Trinajstić information content (AvgIpc) is 2.89. The molecule has 3 rings (SSSR count). The minimum absolute atomic E-state index is 0.0775. The van der Waals surface area contributed by atoms with Gasteiger partial charge in [0.2, 0.25) is 0 Å². The number of anilines is 1. The lowest BCUT2D eigenvalue weighted by atomic mass is 10.2. The molecule has 1 saturated heterocycles. The second kappa shape index (κ2) is 6.34. The smallest absolute Gasteiger partial charge is 0.321 e. The molecule has 3 heterocycles. The van der Waals surface area contributed by atoms with Crippen LogP contribution in [0.1, 0.15) is 25.7 Å². The van der Waals surface area contributed by atoms with E-state index in [-0.39, 0.29) is 6.03 Å². The van der Waals surface area contributed by atoms with Crippen LogP contribution in [0.15, 0.2) is 31.0 Å². The fourth-order valence-corrected chi connectivity index (χ4v) is 2.46. The SMILES string of the molecule is O=C(Nc1cccnc1-n1cncn1)N1CCCCCC1. The van der Waals surface area contributed by atoms with Crippen molar-refractivity contribution in [2.75, 3.05) is 18.4 Å². The van der Waals surface area contributed by atoms with Gasteiger partial charge in [-0.3, -0.25) is 0 Å². The summed E-state index contributed by atoms with van der Waals surface area (Å²) in [6, 6.07) is 3.53. The Kier molecular flexibility index (Phi) is 4.09. The summed E-state index contributed by atoms with van der Waals surface area (Å²) in [5.41, 5.74) is 0.636. The molecule has 0 unspecified atom stereocenters. The van der Waals surface area contributed by atoms with Crippen LogP contribution in [-0.4, -0.2) is 43.8 Å². The van der Waals surface area contributed by atoms with Crippen molar-refractivity contribution in [2.24, 2.45) is 0 Å². The van der Waals surface area contributed by atoms with E-state index in [0.29, 0.717) is 11.5 Å². The minimum atomic E-state index is -0.0775. The molecule has 1 N–H and O–H groups in total. The summed E-state index contributed by atoms with van der Waals surface area (Å²) in [6.45, 7) is 1.62. The summed E-state index contributed by atoms with van der Waals surface area (Å²) in [5, 5.41) is 6.99. The third-order valence-corrected chi connectivity index (χ3v) is 3.56. The van der Waals surface area contributed by atoms with Gasteiger partial charge in [0.1, 0.15) is 12.7 Å². The largest absolute Gasteiger partial charge is 0.325 e. The quantitative estimate of drug-likeness (QED) is 0.917. The predicted molar refractivity (Wildman–Crippen MR) is 78.2 cm³/mol. The molecule has 0 aromatic carbocycles. The molecule has 0 atom stereocenters. The van der Waals surface area contributed by atoms with Gasteiger partial charge in [-0.25, -0.2) is 19.4 Å². The van der Waals surface area contributed by atoms with Crippen LogP contribution >= 0.6 is 0 Å². The molecule has 0 aliphatic carbocycles. The van der Waals surface area contributed by atoms with Gasteiger partial charge in [-0.05, 0) is 25.0 Å². The van der Waals surface area contributed by atoms with Crippen molar-refractivity contribution in [3.8, 4) is 5.82 Å². The van der Waals surface area contributed by atoms with Crippen molar-refractivity contribution in [1.29, 1.82) is 0 Å². The van der Waals surface area contributed by atoms with E-state index in [4.69, 9.17) is 0 Å². The molecular formula is C14H18N6O. The van der Waals surface area contributed by atoms with Gasteiger partial charge >= 0.3 is 6.03 Å². The predicted octanol–water partition coefficient (Wildman–Crippen LogP) is 2.07. The van der Waals surface area contributed by atoms with Crippen LogP contribution < -0.4 is 5.32 Å². The summed E-state index contributed by atoms with van der Waals surface area (Å²) in [6.07, 6.45) is 9.19. The van der Waals surface area contributed by atoms with Gasteiger partial charge < -0.3 is 10.2 Å². The van der Waals surface area contributed by atoms with E-state index in [2.05, 4.69) is 20.4 Å². The summed E-state index contributed by atoms with van der Waals surface area (Å²) in [4.78, 5) is 22.4. The maximum atomic E-state index is 12.4. The molecule has 0 bridgehead atoms. The van der Waals surface area contributed by atoms with Crippen molar-refractivity contribution in [3.63, 3.8) is 0 Å². The molecule has 0 radical (unpaired) electrons. The Morgan fingerprint density at radius 2 is 2.00 bits per heavy atom. The molecule has 2 amide bonds. The van der Waals surface area contributed by atoms with Gasteiger partial charge in [-0.1, -0.05) is 12.8 Å². The lowest BCUT2D eigenvalue weighted by molar-refractivity contribution is 0.213. The van der Waals surface area contributed by atoms with Crippen molar-refractivity contribution in [2.45, 2.75) is 25.7 Å². The standard InChI is InChI=1S/C14H18N6O/c21-14(19-8-3-1-2-4-9-19)18-12-6-5-7-16-13(12)20-11-15-10-17-20/h5-7,10-11H,1-4,8-9H2,(H,18,21). The Hall–Kier alpha value is -2.44. The van der Waals surface area contributed by atoms with Crippen LogP contribution in [0, 0.1) is 0 Å². The van der Waals surface area contributed by atoms with Crippen LogP contribution in [0.25, 0.3) is 5.82 Å². The zero-order valence-electron chi connectivity index (χ0n) is 11.8. The highest BCUT2D eigenvalue weighted by atomic mass is 16.2. The topological polar surface area (TPSA) is 75.9 Å². The molecule has 1 fully saturated rings. The van der Waals surface area contributed by atoms with Crippen LogP contribution in [0.4, 0.5) is 10.5 Å². The minimum Gasteiger partial charge on any atom is -0.325 e. The number of hydrogen-bond acceptors (Lipinski definition) is 4. The van der Waals surface area contributed by atoms with Crippen molar-refractivity contribution in [1.82, 2.24) is 24.6 Å². The fraction of sp³-hybridized carbons (Fsp3) is 0.429. The number of likely N-dealkylation sites (tertiary alicyclic amines) is 1. The highest BCUT2D eigenvalue weighted by molar-refractivity contribution is 5.91. The molecule has 110 valence electrons. The van der Waals surface area contributed by atoms with Gasteiger partial charge in [0, 0.05) is 19.3 Å². The van der Waals surface area contributed by atoms with Crippen LogP contribution in [0.5, 0.6) is 0 Å². The van der Waals surface area contributed by atoms with E-state index in [0.717, 1.165) is 25.9 Å². The first-order valence-electron chi connectivity index (χ1n) is 7.20. The van der Waals surface area contributed by atoms with E-state index in [1.165, 1.54) is 23.9 Å². The molecule has 2 aromatic rings. The van der Waals surface area contributed by atoms with E-state index in [1.54, 1.807) is 18.6 Å². The van der Waals surface area contributed by atoms with Gasteiger partial charge in [0.15, 0.2) is 5.82 Å². The van der Waals surface area contributed by atoms with E-state index < -0.39 is 0 Å². The summed E-state index contributed by atoms with van der Waals surface area (Å²) in [7, 11) is 0. The number of hydrogen-bond donors (Lipinski definition) is 1. The van der Waals surface area contributed by atoms with Crippen LogP contribution in [-0.2, 0) is 0 Å². The lowest BCUT2D eigenvalue weighted by Crippen LogP contribution is -2.35. The Morgan fingerprint density at radius 1 is 1.19 bits per heavy atom. The Bertz CT molecular complexity index is 589. The normalized spacial score (nSPS) is 15.5. The molecule has 1 aliphatic heterocycles. The number of urea groups is 1. The average molecular weight is 286 g/mol. The monoisotopic (exact) mass is 286 g/mol. The van der Waals surface area contributed by atoms with Gasteiger partial charge in [-0.2, -0.15) is 5.10 Å². The summed E-state index contributed by atoms with van der Waals surface area (Å²) < 4.78 is 1.54. The zero-order valence-corrected chi connectivity index (χ0v) is 11.8. The lowest BCUT2D eigenvalue weighted by Gasteiger charge is -2.21. The molecule has 0 saturated carbocycles. The Balaban J connectivity index is 1.77. The summed E-state index contributed by atoms with van der Waals surface area (Å²) >= 11 is 0. The number of rotatable bonds is 2. The van der Waals surface area contributed by atoms with E-state index in [1.807, 2.05) is 11.0 Å². The number of aromatic nitrogens is 4. The Morgan fingerprint density at radius 3 is 2.71 bits per heavy atom. The van der Waals surface area contributed by atoms with Gasteiger partial charge in [-0.15, -0.1) is 0 Å². The highest BCUT2D eigenvalue weighted by Crippen LogP contribution is 2.17. The molecule has 0 spiro atoms. The number of amides is 2. The third-order valence-electron chi connectivity index (χ3n) is 3.56. The summed E-state index contributed by atoms with van der Waals surface area (Å²) in [5.74, 6) is 0.568.